The van der Waals surface area contributed by atoms with Crippen LogP contribution in [0.1, 0.15) is 65.2 Å². The predicted octanol–water partition coefficient (Wildman–Crippen LogP) is 3.31. The number of rotatable bonds is 0. The van der Waals surface area contributed by atoms with Crippen molar-refractivity contribution in [3.8, 4) is 0 Å². The molecule has 25 heavy (non-hydrogen) atoms. The summed E-state index contributed by atoms with van der Waals surface area (Å²) in [5.74, 6) is 2.20. The molecule has 4 heteroatoms. The van der Waals surface area contributed by atoms with E-state index in [-0.39, 0.29) is 17.0 Å². The van der Waals surface area contributed by atoms with Gasteiger partial charge in [0.25, 0.3) is 0 Å². The van der Waals surface area contributed by atoms with Crippen LogP contribution < -0.4 is 0 Å². The van der Waals surface area contributed by atoms with Crippen molar-refractivity contribution in [2.24, 2.45) is 34.5 Å². The van der Waals surface area contributed by atoms with Crippen LogP contribution in [0.25, 0.3) is 0 Å². The Hall–Kier alpha value is -0.450. The second kappa shape index (κ2) is 5.30. The van der Waals surface area contributed by atoms with E-state index in [1.807, 2.05) is 0 Å². The van der Waals surface area contributed by atoms with Crippen molar-refractivity contribution < 1.29 is 19.4 Å². The van der Waals surface area contributed by atoms with Gasteiger partial charge in [-0.05, 0) is 67.6 Å². The van der Waals surface area contributed by atoms with Crippen LogP contribution in [-0.2, 0) is 14.3 Å². The molecule has 1 spiro atoms. The van der Waals surface area contributed by atoms with Gasteiger partial charge in [-0.15, -0.1) is 0 Å². The number of Topliss-reactive ketones (excluding diaryl/α,β-unsaturated/α-hetero) is 1. The Morgan fingerprint density at radius 2 is 1.76 bits per heavy atom. The molecule has 1 heterocycles. The molecule has 0 aromatic rings. The third-order valence-electron chi connectivity index (χ3n) is 9.21. The van der Waals surface area contributed by atoms with E-state index in [1.54, 1.807) is 0 Å². The fraction of sp³-hybridized carbons (Fsp3) is 0.952. The highest BCUT2D eigenvalue weighted by molar-refractivity contribution is 5.91. The Morgan fingerprint density at radius 1 is 1.00 bits per heavy atom. The second-order valence-corrected chi connectivity index (χ2v) is 10.0. The van der Waals surface area contributed by atoms with Crippen LogP contribution in [0.2, 0.25) is 0 Å². The lowest BCUT2D eigenvalue weighted by Crippen LogP contribution is -2.56. The van der Waals surface area contributed by atoms with Gasteiger partial charge in [-0.1, -0.05) is 13.8 Å². The summed E-state index contributed by atoms with van der Waals surface area (Å²) in [4.78, 5) is 12.6. The van der Waals surface area contributed by atoms with E-state index in [0.717, 1.165) is 38.9 Å². The number of fused-ring (bicyclic) bond motifs is 5. The Balaban J connectivity index is 1.42. The standard InChI is InChI=1S/C21H32O4/c1-19-7-8-21(24-9-10-25-21)12-13(19)3-4-14-15(19)5-6-20(2)16(14)11-17(22)18(20)23/h13-17,22H,3-12H2,1-2H3/t13-,14+,15-,16-,17+,19-,20-/m0/s1. The Kier molecular flexibility index (Phi) is 3.54. The lowest BCUT2D eigenvalue weighted by atomic mass is 9.45. The van der Waals surface area contributed by atoms with Gasteiger partial charge in [-0.2, -0.15) is 0 Å². The van der Waals surface area contributed by atoms with Gasteiger partial charge in [0.1, 0.15) is 6.10 Å². The molecule has 0 aromatic carbocycles. The van der Waals surface area contributed by atoms with Crippen LogP contribution in [0.15, 0.2) is 0 Å². The fourth-order valence-corrected chi connectivity index (χ4v) is 7.75. The number of hydrogen-bond donors (Lipinski definition) is 1. The maximum atomic E-state index is 12.6. The molecule has 4 nitrogen and oxygen atoms in total. The van der Waals surface area contributed by atoms with Crippen molar-refractivity contribution in [1.29, 1.82) is 0 Å². The van der Waals surface area contributed by atoms with Crippen LogP contribution in [0.5, 0.6) is 0 Å². The maximum absolute atomic E-state index is 12.6. The minimum Gasteiger partial charge on any atom is -0.385 e. The van der Waals surface area contributed by atoms with Gasteiger partial charge < -0.3 is 14.6 Å². The van der Waals surface area contributed by atoms with Gasteiger partial charge in [-0.25, -0.2) is 0 Å². The maximum Gasteiger partial charge on any atom is 0.168 e. The summed E-state index contributed by atoms with van der Waals surface area (Å²) in [6.45, 7) is 6.13. The van der Waals surface area contributed by atoms with E-state index in [1.165, 1.54) is 19.3 Å². The number of hydrogen-bond acceptors (Lipinski definition) is 4. The van der Waals surface area contributed by atoms with Crippen LogP contribution in [0.3, 0.4) is 0 Å². The molecule has 5 rings (SSSR count). The summed E-state index contributed by atoms with van der Waals surface area (Å²) in [7, 11) is 0. The molecule has 1 N–H and O–H groups in total. The first-order valence-corrected chi connectivity index (χ1v) is 10.4. The van der Waals surface area contributed by atoms with Crippen molar-refractivity contribution in [2.75, 3.05) is 13.2 Å². The lowest BCUT2D eigenvalue weighted by molar-refractivity contribution is -0.228. The van der Waals surface area contributed by atoms with Crippen molar-refractivity contribution in [3.05, 3.63) is 0 Å². The molecule has 4 saturated carbocycles. The Morgan fingerprint density at radius 3 is 2.52 bits per heavy atom. The highest BCUT2D eigenvalue weighted by Gasteiger charge is 2.63. The van der Waals surface area contributed by atoms with E-state index >= 15 is 0 Å². The molecule has 7 atom stereocenters. The van der Waals surface area contributed by atoms with Crippen molar-refractivity contribution >= 4 is 5.78 Å². The molecule has 5 aliphatic rings. The summed E-state index contributed by atoms with van der Waals surface area (Å²) in [6, 6.07) is 0. The zero-order valence-corrected chi connectivity index (χ0v) is 15.6. The average molecular weight is 348 g/mol. The van der Waals surface area contributed by atoms with Crippen LogP contribution in [0.4, 0.5) is 0 Å². The van der Waals surface area contributed by atoms with Crippen molar-refractivity contribution in [1.82, 2.24) is 0 Å². The molecule has 0 amide bonds. The SMILES string of the molecule is C[C@]12CCC3(C[C@@H]1CC[C@@H]1[C@@H]2CC[C@]2(C)C(=O)[C@H](O)C[C@@H]12)OCCO3. The molecular weight excluding hydrogens is 316 g/mol. The number of carbonyl (C=O) groups excluding carboxylic acids is 1. The van der Waals surface area contributed by atoms with Gasteiger partial charge in [0, 0.05) is 18.3 Å². The van der Waals surface area contributed by atoms with Gasteiger partial charge in [0.2, 0.25) is 0 Å². The first-order valence-electron chi connectivity index (χ1n) is 10.4. The normalized spacial score (nSPS) is 54.2. The summed E-state index contributed by atoms with van der Waals surface area (Å²) in [6.07, 6.45) is 7.79. The number of carbonyl (C=O) groups is 1. The van der Waals surface area contributed by atoms with E-state index in [2.05, 4.69) is 13.8 Å². The average Bonchev–Trinajstić information content (AvgIpc) is 3.13. The Bertz CT molecular complexity index is 582. The summed E-state index contributed by atoms with van der Waals surface area (Å²) >= 11 is 0. The molecular formula is C21H32O4. The largest absolute Gasteiger partial charge is 0.385 e. The predicted molar refractivity (Wildman–Crippen MR) is 92.8 cm³/mol. The van der Waals surface area contributed by atoms with E-state index in [0.29, 0.717) is 35.5 Å². The van der Waals surface area contributed by atoms with Gasteiger partial charge in [-0.3, -0.25) is 4.79 Å². The quantitative estimate of drug-likeness (QED) is 0.730. The van der Waals surface area contributed by atoms with Gasteiger partial charge in [0.05, 0.1) is 13.2 Å². The van der Waals surface area contributed by atoms with Crippen LogP contribution in [-0.4, -0.2) is 36.0 Å². The highest BCUT2D eigenvalue weighted by Crippen LogP contribution is 2.66. The molecule has 140 valence electrons. The Labute approximate surface area is 150 Å². The van der Waals surface area contributed by atoms with E-state index < -0.39 is 6.10 Å². The first kappa shape index (κ1) is 16.7. The highest BCUT2D eigenvalue weighted by atomic mass is 16.7. The summed E-state index contributed by atoms with van der Waals surface area (Å²) in [5, 5.41) is 10.2. The summed E-state index contributed by atoms with van der Waals surface area (Å²) < 4.78 is 12.1. The lowest BCUT2D eigenvalue weighted by Gasteiger charge is -2.61. The molecule has 0 aromatic heterocycles. The fourth-order valence-electron chi connectivity index (χ4n) is 7.75. The first-order chi connectivity index (χ1) is 11.9. The number of ketones is 1. The molecule has 0 unspecified atom stereocenters. The van der Waals surface area contributed by atoms with Gasteiger partial charge in [0.15, 0.2) is 11.6 Å². The third kappa shape index (κ3) is 2.14. The number of aliphatic hydroxyl groups is 1. The number of aliphatic hydroxyl groups excluding tert-OH is 1. The zero-order valence-electron chi connectivity index (χ0n) is 15.6. The molecule has 0 radical (unpaired) electrons. The summed E-state index contributed by atoms with van der Waals surface area (Å²) in [5.41, 5.74) is 0.0821. The van der Waals surface area contributed by atoms with Crippen LogP contribution >= 0.6 is 0 Å². The molecule has 1 saturated heterocycles. The molecule has 5 fully saturated rings. The van der Waals surface area contributed by atoms with Crippen LogP contribution in [0, 0.1) is 34.5 Å². The van der Waals surface area contributed by atoms with E-state index in [4.69, 9.17) is 9.47 Å². The smallest absolute Gasteiger partial charge is 0.168 e. The monoisotopic (exact) mass is 348 g/mol. The zero-order chi connectivity index (χ0) is 17.4. The van der Waals surface area contributed by atoms with Crippen molar-refractivity contribution in [3.63, 3.8) is 0 Å². The topological polar surface area (TPSA) is 55.8 Å². The van der Waals surface area contributed by atoms with Gasteiger partial charge >= 0.3 is 0 Å². The minimum absolute atomic E-state index is 0.124. The second-order valence-electron chi connectivity index (χ2n) is 10.0. The molecule has 1 aliphatic heterocycles. The molecule has 0 bridgehead atoms. The minimum atomic E-state index is -0.714. The third-order valence-corrected chi connectivity index (χ3v) is 9.21. The molecule has 4 aliphatic carbocycles. The van der Waals surface area contributed by atoms with Crippen molar-refractivity contribution in [2.45, 2.75) is 77.1 Å². The number of ether oxygens (including phenoxy) is 2. The van der Waals surface area contributed by atoms with E-state index in [9.17, 15) is 9.90 Å².